The van der Waals surface area contributed by atoms with Crippen molar-refractivity contribution in [1.82, 2.24) is 15.1 Å². The molecule has 7 heteroatoms. The predicted molar refractivity (Wildman–Crippen MR) is 74.7 cm³/mol. The second-order valence-corrected chi connectivity index (χ2v) is 5.31. The Hall–Kier alpha value is -2.05. The van der Waals surface area contributed by atoms with Crippen molar-refractivity contribution in [2.45, 2.75) is 39.2 Å². The molecule has 0 aliphatic heterocycles. The van der Waals surface area contributed by atoms with Gasteiger partial charge in [0.05, 0.1) is 11.3 Å². The van der Waals surface area contributed by atoms with Gasteiger partial charge in [0.25, 0.3) is 5.91 Å². The lowest BCUT2D eigenvalue weighted by molar-refractivity contribution is 0.0932. The van der Waals surface area contributed by atoms with Gasteiger partial charge >= 0.3 is 0 Å². The molecular weight excluding hydrogens is 258 g/mol. The summed E-state index contributed by atoms with van der Waals surface area (Å²) in [6.45, 7) is 3.68. The van der Waals surface area contributed by atoms with Crippen molar-refractivity contribution in [3.05, 3.63) is 17.0 Å². The normalized spacial score (nSPS) is 23.1. The molecule has 1 aromatic heterocycles. The van der Waals surface area contributed by atoms with Crippen molar-refractivity contribution >= 4 is 11.7 Å². The van der Waals surface area contributed by atoms with Gasteiger partial charge in [0.15, 0.2) is 0 Å². The first-order chi connectivity index (χ1) is 9.45. The zero-order chi connectivity index (χ0) is 14.9. The summed E-state index contributed by atoms with van der Waals surface area (Å²) in [5, 5.41) is 19.1. The Labute approximate surface area is 117 Å². The maximum atomic E-state index is 12.4. The summed E-state index contributed by atoms with van der Waals surface area (Å²) in [5.74, 6) is -0.0515. The number of hydrogen-bond donors (Lipinski definition) is 3. The topological polar surface area (TPSA) is 106 Å². The summed E-state index contributed by atoms with van der Waals surface area (Å²) in [5.41, 5.74) is 7.83. The first-order valence-electron chi connectivity index (χ1n) is 6.74. The summed E-state index contributed by atoms with van der Waals surface area (Å²) < 4.78 is 1.69. The summed E-state index contributed by atoms with van der Waals surface area (Å²) in [6.07, 6.45) is 2.62. The Bertz CT molecular complexity index is 549. The number of amides is 1. The van der Waals surface area contributed by atoms with Gasteiger partial charge in [-0.05, 0) is 26.7 Å². The van der Waals surface area contributed by atoms with E-state index in [4.69, 9.17) is 10.9 Å². The van der Waals surface area contributed by atoms with Gasteiger partial charge in [-0.15, -0.1) is 0 Å². The van der Waals surface area contributed by atoms with Crippen LogP contribution in [0, 0.1) is 19.8 Å². The van der Waals surface area contributed by atoms with Crippen molar-refractivity contribution in [3.8, 4) is 0 Å². The Morgan fingerprint density at radius 3 is 2.75 bits per heavy atom. The van der Waals surface area contributed by atoms with Gasteiger partial charge in [0.1, 0.15) is 5.84 Å². The van der Waals surface area contributed by atoms with E-state index in [1.165, 1.54) is 0 Å². The number of aromatic nitrogens is 2. The molecule has 1 amide bonds. The highest BCUT2D eigenvalue weighted by molar-refractivity contribution is 5.97. The number of oxime groups is 1. The quantitative estimate of drug-likeness (QED) is 0.327. The molecule has 0 bridgehead atoms. The van der Waals surface area contributed by atoms with Crippen LogP contribution in [0.15, 0.2) is 5.16 Å². The van der Waals surface area contributed by atoms with E-state index in [0.717, 1.165) is 25.0 Å². The summed E-state index contributed by atoms with van der Waals surface area (Å²) >= 11 is 0. The van der Waals surface area contributed by atoms with E-state index in [1.54, 1.807) is 4.68 Å². The first-order valence-corrected chi connectivity index (χ1v) is 6.74. The number of carbonyl (C=O) groups is 1. The zero-order valence-corrected chi connectivity index (χ0v) is 12.1. The van der Waals surface area contributed by atoms with E-state index in [0.29, 0.717) is 11.3 Å². The van der Waals surface area contributed by atoms with Crippen LogP contribution in [0.1, 0.15) is 41.0 Å². The molecule has 1 aromatic rings. The van der Waals surface area contributed by atoms with E-state index in [-0.39, 0.29) is 23.7 Å². The maximum absolute atomic E-state index is 12.4. The smallest absolute Gasteiger partial charge is 0.255 e. The molecule has 2 unspecified atom stereocenters. The number of carbonyl (C=O) groups excluding carboxylic acids is 1. The summed E-state index contributed by atoms with van der Waals surface area (Å²) in [4.78, 5) is 12.4. The largest absolute Gasteiger partial charge is 0.409 e. The number of nitrogens with one attached hydrogen (secondary N) is 1. The molecule has 1 saturated carbocycles. The molecule has 1 aliphatic carbocycles. The lowest BCUT2D eigenvalue weighted by Gasteiger charge is -2.19. The molecule has 7 nitrogen and oxygen atoms in total. The highest BCUT2D eigenvalue weighted by Crippen LogP contribution is 2.26. The fourth-order valence-corrected chi connectivity index (χ4v) is 2.90. The minimum Gasteiger partial charge on any atom is -0.409 e. The lowest BCUT2D eigenvalue weighted by atomic mass is 10.0. The number of nitrogens with zero attached hydrogens (tertiary/aromatic N) is 3. The van der Waals surface area contributed by atoms with Gasteiger partial charge in [0.2, 0.25) is 0 Å². The van der Waals surface area contributed by atoms with Crippen LogP contribution in [0.3, 0.4) is 0 Å². The predicted octanol–water partition coefficient (Wildman–Crippen LogP) is 0.682. The van der Waals surface area contributed by atoms with E-state index < -0.39 is 0 Å². The number of nitrogens with two attached hydrogens (primary N) is 1. The molecule has 110 valence electrons. The van der Waals surface area contributed by atoms with E-state index >= 15 is 0 Å². The molecule has 0 aromatic carbocycles. The second kappa shape index (κ2) is 5.52. The Balaban J connectivity index is 2.15. The van der Waals surface area contributed by atoms with Crippen LogP contribution in [0.25, 0.3) is 0 Å². The third-order valence-corrected chi connectivity index (χ3v) is 4.06. The van der Waals surface area contributed by atoms with Crippen molar-refractivity contribution in [1.29, 1.82) is 0 Å². The monoisotopic (exact) mass is 279 g/mol. The average Bonchev–Trinajstić information content (AvgIpc) is 2.94. The van der Waals surface area contributed by atoms with Crippen molar-refractivity contribution < 1.29 is 10.0 Å². The second-order valence-electron chi connectivity index (χ2n) is 5.31. The van der Waals surface area contributed by atoms with Gasteiger partial charge in [-0.25, -0.2) is 0 Å². The number of aryl methyl sites for hydroxylation is 2. The van der Waals surface area contributed by atoms with Crippen LogP contribution >= 0.6 is 0 Å². The fourth-order valence-electron chi connectivity index (χ4n) is 2.90. The Morgan fingerprint density at radius 2 is 2.20 bits per heavy atom. The van der Waals surface area contributed by atoms with Crippen LogP contribution in [-0.2, 0) is 7.05 Å². The van der Waals surface area contributed by atoms with Gasteiger partial charge < -0.3 is 16.3 Å². The third-order valence-electron chi connectivity index (χ3n) is 4.06. The average molecular weight is 279 g/mol. The molecule has 1 aliphatic rings. The molecule has 0 saturated heterocycles. The van der Waals surface area contributed by atoms with E-state index in [1.807, 2.05) is 20.9 Å². The third kappa shape index (κ3) is 2.48. The lowest BCUT2D eigenvalue weighted by Crippen LogP contribution is -2.42. The van der Waals surface area contributed by atoms with Crippen LogP contribution in [0.5, 0.6) is 0 Å². The van der Waals surface area contributed by atoms with Gasteiger partial charge in [-0.3, -0.25) is 9.48 Å². The Kier molecular flexibility index (Phi) is 3.96. The standard InChI is InChI=1S/C13H21N5O2/c1-7-11(8(2)18(3)16-7)13(19)15-10-6-4-5-9(10)12(14)17-20/h9-10,20H,4-6H2,1-3H3,(H2,14,17)(H,15,19). The molecule has 0 radical (unpaired) electrons. The van der Waals surface area contributed by atoms with Crippen LogP contribution < -0.4 is 11.1 Å². The van der Waals surface area contributed by atoms with Crippen LogP contribution in [-0.4, -0.2) is 32.8 Å². The molecule has 2 rings (SSSR count). The van der Waals surface area contributed by atoms with E-state index in [9.17, 15) is 4.79 Å². The molecule has 1 heterocycles. The summed E-state index contributed by atoms with van der Waals surface area (Å²) in [6, 6.07) is -0.0857. The molecule has 0 spiro atoms. The molecule has 20 heavy (non-hydrogen) atoms. The Morgan fingerprint density at radius 1 is 1.50 bits per heavy atom. The van der Waals surface area contributed by atoms with Crippen molar-refractivity contribution in [2.24, 2.45) is 23.9 Å². The summed E-state index contributed by atoms with van der Waals surface area (Å²) in [7, 11) is 1.81. The minimum atomic E-state index is -0.143. The van der Waals surface area contributed by atoms with Gasteiger partial charge in [-0.1, -0.05) is 11.6 Å². The van der Waals surface area contributed by atoms with E-state index in [2.05, 4.69) is 15.6 Å². The van der Waals surface area contributed by atoms with Crippen molar-refractivity contribution in [2.75, 3.05) is 0 Å². The highest BCUT2D eigenvalue weighted by Gasteiger charge is 2.32. The minimum absolute atomic E-state index is 0.0857. The molecule has 1 fully saturated rings. The maximum Gasteiger partial charge on any atom is 0.255 e. The van der Waals surface area contributed by atoms with Crippen molar-refractivity contribution in [3.63, 3.8) is 0 Å². The SMILES string of the molecule is Cc1nn(C)c(C)c1C(=O)NC1CCCC1C(N)=NO. The molecular formula is C13H21N5O2. The number of amidine groups is 1. The number of hydrogen-bond acceptors (Lipinski definition) is 4. The first kappa shape index (κ1) is 14.4. The fraction of sp³-hybridized carbons (Fsp3) is 0.615. The highest BCUT2D eigenvalue weighted by atomic mass is 16.4. The molecule has 2 atom stereocenters. The number of rotatable bonds is 3. The van der Waals surface area contributed by atoms with Crippen LogP contribution in [0.2, 0.25) is 0 Å². The van der Waals surface area contributed by atoms with Gasteiger partial charge in [0, 0.05) is 24.7 Å². The van der Waals surface area contributed by atoms with Gasteiger partial charge in [-0.2, -0.15) is 5.10 Å². The van der Waals surface area contributed by atoms with Crippen LogP contribution in [0.4, 0.5) is 0 Å². The zero-order valence-electron chi connectivity index (χ0n) is 12.1. The molecule has 4 N–H and O–H groups in total.